The molecule has 0 saturated carbocycles. The Bertz CT molecular complexity index is 241. The highest BCUT2D eigenvalue weighted by Gasteiger charge is 2.72. The van der Waals surface area contributed by atoms with Crippen LogP contribution in [0.1, 0.15) is 0 Å². The molecular formula is C5H2ClF9O. The summed E-state index contributed by atoms with van der Waals surface area (Å²) < 4.78 is 108. The summed E-state index contributed by atoms with van der Waals surface area (Å²) in [4.78, 5) is 0. The van der Waals surface area contributed by atoms with Crippen LogP contribution in [0.3, 0.4) is 0 Å². The van der Waals surface area contributed by atoms with E-state index in [9.17, 15) is 39.5 Å². The zero-order valence-electron chi connectivity index (χ0n) is 6.89. The predicted molar refractivity (Wildman–Crippen MR) is 32.7 cm³/mol. The van der Waals surface area contributed by atoms with Crippen molar-refractivity contribution < 1.29 is 44.3 Å². The number of halogens is 10. The summed E-state index contributed by atoms with van der Waals surface area (Å²) in [5, 5.41) is -5.73. The van der Waals surface area contributed by atoms with Crippen molar-refractivity contribution in [2.24, 2.45) is 0 Å². The molecule has 0 heterocycles. The molecule has 0 aromatic carbocycles. The van der Waals surface area contributed by atoms with Crippen LogP contribution in [-0.2, 0) is 4.74 Å². The van der Waals surface area contributed by atoms with Gasteiger partial charge in [0.25, 0.3) is 0 Å². The largest absolute Gasteiger partial charge is 0.446 e. The van der Waals surface area contributed by atoms with Crippen LogP contribution < -0.4 is 0 Å². The number of rotatable bonds is 3. The number of hydrogen-bond donors (Lipinski definition) is 0. The highest BCUT2D eigenvalue weighted by atomic mass is 35.5. The van der Waals surface area contributed by atoms with Gasteiger partial charge in [0.2, 0.25) is 0 Å². The van der Waals surface area contributed by atoms with Crippen molar-refractivity contribution in [1.29, 1.82) is 0 Å². The predicted octanol–water partition coefficient (Wildman–Crippen LogP) is 3.62. The van der Waals surface area contributed by atoms with Gasteiger partial charge in [-0.1, -0.05) is 11.6 Å². The Balaban J connectivity index is 4.79. The van der Waals surface area contributed by atoms with Crippen molar-refractivity contribution in [2.45, 2.75) is 23.6 Å². The molecule has 0 saturated heterocycles. The maximum Gasteiger partial charge on any atom is 0.446 e. The van der Waals surface area contributed by atoms with Crippen LogP contribution in [0.25, 0.3) is 0 Å². The minimum absolute atomic E-state index is 2.50. The third-order valence-electron chi connectivity index (χ3n) is 1.14. The monoisotopic (exact) mass is 284 g/mol. The maximum absolute atomic E-state index is 12.3. The lowest BCUT2D eigenvalue weighted by atomic mass is 10.3. The Morgan fingerprint density at radius 1 is 0.812 bits per heavy atom. The van der Waals surface area contributed by atoms with Gasteiger partial charge in [-0.25, -0.2) is 4.39 Å². The standard InChI is InChI=1S/C5H2ClF9O/c6-3(10,4(11,12)13)5(14,15)16-1-2(7,8)9/h1H2. The summed E-state index contributed by atoms with van der Waals surface area (Å²) in [5.74, 6) is 0. The molecule has 0 N–H and O–H groups in total. The van der Waals surface area contributed by atoms with Gasteiger partial charge < -0.3 is 4.74 Å². The van der Waals surface area contributed by atoms with E-state index in [2.05, 4.69) is 16.3 Å². The molecule has 16 heavy (non-hydrogen) atoms. The van der Waals surface area contributed by atoms with E-state index >= 15 is 0 Å². The first-order chi connectivity index (χ1) is 6.71. The molecule has 0 rings (SSSR count). The van der Waals surface area contributed by atoms with Gasteiger partial charge >= 0.3 is 23.6 Å². The SMILES string of the molecule is FC(F)(F)COC(F)(F)C(F)(Cl)C(F)(F)F. The maximum atomic E-state index is 12.3. The Morgan fingerprint density at radius 3 is 1.44 bits per heavy atom. The van der Waals surface area contributed by atoms with Gasteiger partial charge in [-0.2, -0.15) is 35.1 Å². The summed E-state index contributed by atoms with van der Waals surface area (Å²) in [6.07, 6.45) is -17.5. The van der Waals surface area contributed by atoms with Gasteiger partial charge in [0.15, 0.2) is 0 Å². The van der Waals surface area contributed by atoms with E-state index in [1.54, 1.807) is 0 Å². The van der Waals surface area contributed by atoms with E-state index in [4.69, 9.17) is 0 Å². The molecule has 0 aromatic heterocycles. The third-order valence-corrected chi connectivity index (χ3v) is 1.57. The fourth-order valence-corrected chi connectivity index (χ4v) is 0.483. The molecule has 1 unspecified atom stereocenters. The molecule has 1 nitrogen and oxygen atoms in total. The Hall–Kier alpha value is -0.380. The van der Waals surface area contributed by atoms with Gasteiger partial charge in [-0.05, 0) is 0 Å². The molecule has 0 spiro atoms. The van der Waals surface area contributed by atoms with Gasteiger partial charge in [0.05, 0.1) is 0 Å². The molecule has 98 valence electrons. The average molecular weight is 285 g/mol. The van der Waals surface area contributed by atoms with Gasteiger partial charge in [-0.3, -0.25) is 0 Å². The molecule has 0 aliphatic rings. The van der Waals surface area contributed by atoms with Crippen LogP contribution in [0.2, 0.25) is 0 Å². The molecule has 0 aliphatic carbocycles. The Morgan fingerprint density at radius 2 is 1.19 bits per heavy atom. The van der Waals surface area contributed by atoms with Crippen molar-refractivity contribution in [1.82, 2.24) is 0 Å². The lowest BCUT2D eigenvalue weighted by molar-refractivity contribution is -0.370. The normalized spacial score (nSPS) is 18.4. The summed E-state index contributed by atoms with van der Waals surface area (Å²) in [5.41, 5.74) is 0. The Labute approximate surface area is 87.1 Å². The first kappa shape index (κ1) is 15.6. The number of alkyl halides is 10. The van der Waals surface area contributed by atoms with Gasteiger partial charge in [0.1, 0.15) is 6.61 Å². The summed E-state index contributed by atoms with van der Waals surface area (Å²) >= 11 is 3.80. The van der Waals surface area contributed by atoms with Crippen LogP contribution in [0.5, 0.6) is 0 Å². The van der Waals surface area contributed by atoms with E-state index in [0.29, 0.717) is 0 Å². The topological polar surface area (TPSA) is 9.23 Å². The first-order valence-corrected chi connectivity index (χ1v) is 3.61. The fraction of sp³-hybridized carbons (Fsp3) is 1.00. The summed E-state index contributed by atoms with van der Waals surface area (Å²) in [7, 11) is 0. The lowest BCUT2D eigenvalue weighted by Crippen LogP contribution is -2.53. The van der Waals surface area contributed by atoms with E-state index in [1.165, 1.54) is 0 Å². The fourth-order valence-electron chi connectivity index (χ4n) is 0.428. The molecule has 0 bridgehead atoms. The molecule has 0 amide bonds. The molecule has 0 radical (unpaired) electrons. The van der Waals surface area contributed by atoms with Gasteiger partial charge in [-0.15, -0.1) is 0 Å². The molecule has 0 aliphatic heterocycles. The lowest BCUT2D eigenvalue weighted by Gasteiger charge is -2.29. The van der Waals surface area contributed by atoms with E-state index in [-0.39, 0.29) is 0 Å². The van der Waals surface area contributed by atoms with Crippen molar-refractivity contribution in [3.8, 4) is 0 Å². The summed E-state index contributed by atoms with van der Waals surface area (Å²) in [6.45, 7) is -2.77. The van der Waals surface area contributed by atoms with Crippen LogP contribution in [0, 0.1) is 0 Å². The zero-order chi connectivity index (χ0) is 13.4. The second-order valence-corrected chi connectivity index (χ2v) is 3.01. The second kappa shape index (κ2) is 4.13. The van der Waals surface area contributed by atoms with E-state index in [0.717, 1.165) is 0 Å². The minimum Gasteiger partial charge on any atom is -0.307 e. The second-order valence-electron chi connectivity index (χ2n) is 2.49. The van der Waals surface area contributed by atoms with Gasteiger partial charge in [0, 0.05) is 0 Å². The highest BCUT2D eigenvalue weighted by Crippen LogP contribution is 2.49. The van der Waals surface area contributed by atoms with Crippen molar-refractivity contribution in [3.05, 3.63) is 0 Å². The molecule has 1 atom stereocenters. The van der Waals surface area contributed by atoms with Crippen LogP contribution in [0.4, 0.5) is 39.5 Å². The van der Waals surface area contributed by atoms with E-state index < -0.39 is 30.2 Å². The molecule has 0 aromatic rings. The Kier molecular flexibility index (Phi) is 4.03. The van der Waals surface area contributed by atoms with Crippen LogP contribution in [0.15, 0.2) is 0 Å². The van der Waals surface area contributed by atoms with E-state index in [1.807, 2.05) is 0 Å². The zero-order valence-corrected chi connectivity index (χ0v) is 7.65. The minimum atomic E-state index is -6.29. The van der Waals surface area contributed by atoms with Crippen LogP contribution >= 0.6 is 11.6 Å². The van der Waals surface area contributed by atoms with Crippen LogP contribution in [-0.4, -0.2) is 30.2 Å². The quantitative estimate of drug-likeness (QED) is 0.568. The molecular weight excluding hydrogens is 282 g/mol. The van der Waals surface area contributed by atoms with Crippen molar-refractivity contribution in [2.75, 3.05) is 6.61 Å². The van der Waals surface area contributed by atoms with Crippen molar-refractivity contribution >= 4 is 11.6 Å². The van der Waals surface area contributed by atoms with Crippen molar-refractivity contribution in [3.63, 3.8) is 0 Å². The first-order valence-electron chi connectivity index (χ1n) is 3.24. The third kappa shape index (κ3) is 3.58. The smallest absolute Gasteiger partial charge is 0.307 e. The average Bonchev–Trinajstić information content (AvgIpc) is 1.97. The molecule has 11 heteroatoms. The summed E-state index contributed by atoms with van der Waals surface area (Å²) in [6, 6.07) is 0. The number of hydrogen-bond acceptors (Lipinski definition) is 1. The molecule has 0 fully saturated rings. The number of ether oxygens (including phenoxy) is 1. The highest BCUT2D eigenvalue weighted by molar-refractivity contribution is 6.24.